The van der Waals surface area contributed by atoms with Crippen molar-refractivity contribution in [3.05, 3.63) is 23.8 Å². The molecule has 0 aromatic heterocycles. The van der Waals surface area contributed by atoms with E-state index in [0.717, 1.165) is 12.8 Å². The number of amides is 1. The van der Waals surface area contributed by atoms with E-state index < -0.39 is 0 Å². The number of carbonyl (C=O) groups excluding carboxylic acids is 2. The molecule has 3 rings (SSSR count). The van der Waals surface area contributed by atoms with Gasteiger partial charge < -0.3 is 14.4 Å². The van der Waals surface area contributed by atoms with E-state index in [1.54, 1.807) is 24.0 Å². The lowest BCUT2D eigenvalue weighted by atomic mass is 10.1. The summed E-state index contributed by atoms with van der Waals surface area (Å²) in [7, 11) is 0. The highest BCUT2D eigenvalue weighted by Gasteiger charge is 2.32. The van der Waals surface area contributed by atoms with Gasteiger partial charge in [-0.3, -0.25) is 9.59 Å². The minimum Gasteiger partial charge on any atom is -0.486 e. The molecule has 1 fully saturated rings. The Morgan fingerprint density at radius 2 is 2.10 bits per heavy atom. The largest absolute Gasteiger partial charge is 0.486 e. The van der Waals surface area contributed by atoms with Crippen LogP contribution in [-0.2, 0) is 4.79 Å². The molecule has 1 aromatic rings. The third-order valence-electron chi connectivity index (χ3n) is 3.96. The lowest BCUT2D eigenvalue weighted by Gasteiger charge is -2.26. The molecule has 0 N–H and O–H groups in total. The fourth-order valence-corrected chi connectivity index (χ4v) is 3.04. The molecule has 0 aliphatic carbocycles. The van der Waals surface area contributed by atoms with Crippen molar-refractivity contribution in [2.45, 2.75) is 32.2 Å². The number of carbonyl (C=O) groups is 2. The van der Waals surface area contributed by atoms with E-state index in [1.807, 2.05) is 6.07 Å². The van der Waals surface area contributed by atoms with Crippen LogP contribution < -0.4 is 9.47 Å². The normalized spacial score (nSPS) is 20.4. The second-order valence-electron chi connectivity index (χ2n) is 5.53. The zero-order chi connectivity index (χ0) is 14.8. The Hall–Kier alpha value is -2.04. The molecule has 1 atom stereocenters. The van der Waals surface area contributed by atoms with Gasteiger partial charge in [0.1, 0.15) is 19.0 Å². The lowest BCUT2D eigenvalue weighted by molar-refractivity contribution is -0.117. The van der Waals surface area contributed by atoms with Crippen LogP contribution in [0.2, 0.25) is 0 Å². The van der Waals surface area contributed by atoms with Gasteiger partial charge in [-0.05, 0) is 31.9 Å². The van der Waals surface area contributed by atoms with Crippen molar-refractivity contribution in [3.8, 4) is 11.5 Å². The summed E-state index contributed by atoms with van der Waals surface area (Å²) in [6, 6.07) is 5.38. The van der Waals surface area contributed by atoms with Gasteiger partial charge in [0.15, 0.2) is 11.5 Å². The number of ketones is 1. The molecule has 1 unspecified atom stereocenters. The summed E-state index contributed by atoms with van der Waals surface area (Å²) >= 11 is 0. The first-order valence-corrected chi connectivity index (χ1v) is 7.36. The van der Waals surface area contributed by atoms with Crippen molar-refractivity contribution in [1.82, 2.24) is 4.90 Å². The zero-order valence-corrected chi connectivity index (χ0v) is 12.1. The smallest absolute Gasteiger partial charge is 0.258 e. The Kier molecular flexibility index (Phi) is 3.82. The van der Waals surface area contributed by atoms with E-state index in [9.17, 15) is 9.59 Å². The van der Waals surface area contributed by atoms with E-state index >= 15 is 0 Å². The van der Waals surface area contributed by atoms with Gasteiger partial charge in [-0.25, -0.2) is 0 Å². The summed E-state index contributed by atoms with van der Waals surface area (Å²) in [6.45, 7) is 3.22. The summed E-state index contributed by atoms with van der Waals surface area (Å²) < 4.78 is 11.1. The highest BCUT2D eigenvalue weighted by atomic mass is 16.6. The molecular formula is C16H19NO4. The summed E-state index contributed by atoms with van der Waals surface area (Å²) in [6.07, 6.45) is 2.26. The zero-order valence-electron chi connectivity index (χ0n) is 12.1. The molecule has 112 valence electrons. The second kappa shape index (κ2) is 5.76. The third kappa shape index (κ3) is 2.73. The number of ether oxygens (including phenoxy) is 2. The van der Waals surface area contributed by atoms with Gasteiger partial charge in [-0.2, -0.15) is 0 Å². The van der Waals surface area contributed by atoms with Crippen molar-refractivity contribution < 1.29 is 19.1 Å². The quantitative estimate of drug-likeness (QED) is 0.854. The predicted octanol–water partition coefficient (Wildman–Crippen LogP) is 2.04. The molecular weight excluding hydrogens is 270 g/mol. The Morgan fingerprint density at radius 1 is 1.29 bits per heavy atom. The summed E-state index contributed by atoms with van der Waals surface area (Å²) in [5, 5.41) is 0. The van der Waals surface area contributed by atoms with Gasteiger partial charge in [-0.15, -0.1) is 0 Å². The molecule has 2 aliphatic rings. The van der Waals surface area contributed by atoms with Crippen LogP contribution in [0.1, 0.15) is 36.5 Å². The van der Waals surface area contributed by atoms with E-state index in [0.29, 0.717) is 43.2 Å². The minimum absolute atomic E-state index is 0.00960. The molecule has 5 heteroatoms. The summed E-state index contributed by atoms with van der Waals surface area (Å²) in [4.78, 5) is 25.9. The van der Waals surface area contributed by atoms with Gasteiger partial charge in [-0.1, -0.05) is 6.07 Å². The summed E-state index contributed by atoms with van der Waals surface area (Å²) in [5.74, 6) is 1.20. The van der Waals surface area contributed by atoms with Crippen LogP contribution >= 0.6 is 0 Å². The average Bonchev–Trinajstić information content (AvgIpc) is 2.93. The molecule has 0 radical (unpaired) electrons. The number of hydrogen-bond donors (Lipinski definition) is 0. The van der Waals surface area contributed by atoms with Crippen LogP contribution in [0.25, 0.3) is 0 Å². The third-order valence-corrected chi connectivity index (χ3v) is 3.96. The molecule has 1 amide bonds. The number of rotatable bonds is 3. The van der Waals surface area contributed by atoms with Gasteiger partial charge in [0, 0.05) is 19.0 Å². The number of fused-ring (bicyclic) bond motifs is 1. The van der Waals surface area contributed by atoms with Gasteiger partial charge in [0.25, 0.3) is 5.91 Å². The van der Waals surface area contributed by atoms with Crippen LogP contribution in [0, 0.1) is 0 Å². The average molecular weight is 289 g/mol. The number of hydrogen-bond acceptors (Lipinski definition) is 4. The van der Waals surface area contributed by atoms with Gasteiger partial charge >= 0.3 is 0 Å². The van der Waals surface area contributed by atoms with Gasteiger partial charge in [0.05, 0.1) is 5.56 Å². The molecule has 2 aliphatic heterocycles. The summed E-state index contributed by atoms with van der Waals surface area (Å²) in [5.41, 5.74) is 0.530. The van der Waals surface area contributed by atoms with E-state index in [1.165, 1.54) is 0 Å². The SMILES string of the molecule is CC(=O)CC1CCCN1C(=O)c1cccc2c1OCCO2. The predicted molar refractivity (Wildman–Crippen MR) is 76.8 cm³/mol. The van der Waals surface area contributed by atoms with Crippen LogP contribution in [0.5, 0.6) is 11.5 Å². The Labute approximate surface area is 123 Å². The van der Waals surface area contributed by atoms with E-state index in [-0.39, 0.29) is 17.7 Å². The maximum atomic E-state index is 12.8. The van der Waals surface area contributed by atoms with Crippen molar-refractivity contribution in [1.29, 1.82) is 0 Å². The molecule has 0 bridgehead atoms. The maximum Gasteiger partial charge on any atom is 0.258 e. The maximum absolute atomic E-state index is 12.8. The topological polar surface area (TPSA) is 55.8 Å². The van der Waals surface area contributed by atoms with Crippen molar-refractivity contribution in [3.63, 3.8) is 0 Å². The Bertz CT molecular complexity index is 569. The molecule has 2 heterocycles. The van der Waals surface area contributed by atoms with Crippen LogP contribution in [-0.4, -0.2) is 42.4 Å². The minimum atomic E-state index is -0.0684. The standard InChI is InChI=1S/C16H19NO4/c1-11(18)10-12-4-3-7-17(12)16(19)13-5-2-6-14-15(13)21-9-8-20-14/h2,5-6,12H,3-4,7-10H2,1H3. The van der Waals surface area contributed by atoms with Crippen molar-refractivity contribution in [2.75, 3.05) is 19.8 Å². The van der Waals surface area contributed by atoms with E-state index in [4.69, 9.17) is 9.47 Å². The number of Topliss-reactive ketones (excluding diaryl/α,β-unsaturated/α-hetero) is 1. The fourth-order valence-electron chi connectivity index (χ4n) is 3.04. The molecule has 0 saturated carbocycles. The first-order chi connectivity index (χ1) is 10.2. The molecule has 21 heavy (non-hydrogen) atoms. The molecule has 5 nitrogen and oxygen atoms in total. The first kappa shape index (κ1) is 13.9. The Balaban J connectivity index is 1.86. The highest BCUT2D eigenvalue weighted by molar-refractivity contribution is 5.98. The molecule has 0 spiro atoms. The Morgan fingerprint density at radius 3 is 2.90 bits per heavy atom. The fraction of sp³-hybridized carbons (Fsp3) is 0.500. The van der Waals surface area contributed by atoms with Crippen LogP contribution in [0.4, 0.5) is 0 Å². The highest BCUT2D eigenvalue weighted by Crippen LogP contribution is 2.35. The number of benzene rings is 1. The van der Waals surface area contributed by atoms with Crippen LogP contribution in [0.15, 0.2) is 18.2 Å². The molecule has 1 saturated heterocycles. The van der Waals surface area contributed by atoms with E-state index in [2.05, 4.69) is 0 Å². The first-order valence-electron chi connectivity index (χ1n) is 7.36. The number of nitrogens with zero attached hydrogens (tertiary/aromatic N) is 1. The van der Waals surface area contributed by atoms with Gasteiger partial charge in [0.2, 0.25) is 0 Å². The number of likely N-dealkylation sites (tertiary alicyclic amines) is 1. The monoisotopic (exact) mass is 289 g/mol. The van der Waals surface area contributed by atoms with Crippen molar-refractivity contribution in [2.24, 2.45) is 0 Å². The lowest BCUT2D eigenvalue weighted by Crippen LogP contribution is -2.37. The second-order valence-corrected chi connectivity index (χ2v) is 5.53. The van der Waals surface area contributed by atoms with Crippen molar-refractivity contribution >= 4 is 11.7 Å². The van der Waals surface area contributed by atoms with Crippen LogP contribution in [0.3, 0.4) is 0 Å². The molecule has 1 aromatic carbocycles. The number of para-hydroxylation sites is 1.